The van der Waals surface area contributed by atoms with Gasteiger partial charge in [0.05, 0.1) is 10.5 Å². The number of amides is 2. The number of carboxylic acid groups (broad SMARTS) is 2. The van der Waals surface area contributed by atoms with Gasteiger partial charge < -0.3 is 20.8 Å². The second kappa shape index (κ2) is 11.8. The van der Waals surface area contributed by atoms with Crippen LogP contribution < -0.4 is 10.6 Å². The molecule has 0 aliphatic heterocycles. The van der Waals surface area contributed by atoms with Gasteiger partial charge in [-0.05, 0) is 31.4 Å². The molecular weight excluding hydrogens is 438 g/mol. The molecule has 1 fully saturated rings. The van der Waals surface area contributed by atoms with E-state index in [1.807, 2.05) is 6.92 Å². The number of carbonyl (C=O) groups is 3. The normalized spacial score (nSPS) is 13.4. The number of carbonyl (C=O) groups excluding carboxylic acids is 2. The fraction of sp³-hybridized carbons (Fsp3) is 0.381. The molecule has 1 aliphatic rings. The molecule has 1 aromatic carbocycles. The average molecular weight is 464 g/mol. The van der Waals surface area contributed by atoms with E-state index in [1.54, 1.807) is 18.2 Å². The summed E-state index contributed by atoms with van der Waals surface area (Å²) in [6.07, 6.45) is 3.26. The molecule has 3 rings (SSSR count). The number of thiophene rings is 1. The number of non-ortho nitro benzene ring substituents is 1. The molecule has 2 aromatic rings. The maximum absolute atomic E-state index is 12.6. The quantitative estimate of drug-likeness (QED) is 0.359. The number of hydrogen-bond donors (Lipinski definition) is 4. The first-order valence-corrected chi connectivity index (χ1v) is 10.8. The predicted octanol–water partition coefficient (Wildman–Crippen LogP) is 4.64. The third kappa shape index (κ3) is 7.65. The molecule has 1 heterocycles. The van der Waals surface area contributed by atoms with Crippen molar-refractivity contribution in [2.24, 2.45) is 5.92 Å². The monoisotopic (exact) mass is 463 g/mol. The van der Waals surface area contributed by atoms with Gasteiger partial charge in [0, 0.05) is 29.5 Å². The van der Waals surface area contributed by atoms with Crippen LogP contribution in [0.4, 0.5) is 15.5 Å². The number of nitro benzene ring substituents is 1. The van der Waals surface area contributed by atoms with E-state index in [0.717, 1.165) is 30.6 Å². The van der Waals surface area contributed by atoms with Crippen LogP contribution in [0.3, 0.4) is 0 Å². The molecule has 11 heteroatoms. The Balaban J connectivity index is 0.000000837. The van der Waals surface area contributed by atoms with Crippen LogP contribution in [0.1, 0.15) is 52.9 Å². The van der Waals surface area contributed by atoms with E-state index < -0.39 is 11.1 Å². The van der Waals surface area contributed by atoms with E-state index in [9.17, 15) is 19.7 Å². The van der Waals surface area contributed by atoms with Crippen molar-refractivity contribution in [1.29, 1.82) is 0 Å². The topological polar surface area (TPSA) is 159 Å². The molecule has 2 amide bonds. The second-order valence-corrected chi connectivity index (χ2v) is 8.57. The maximum atomic E-state index is 12.6. The molecule has 4 N–H and O–H groups in total. The summed E-state index contributed by atoms with van der Waals surface area (Å²) in [5, 5.41) is 31.1. The van der Waals surface area contributed by atoms with Crippen LogP contribution >= 0.6 is 11.3 Å². The first-order valence-electron chi connectivity index (χ1n) is 10.0. The highest BCUT2D eigenvalue weighted by Crippen LogP contribution is 2.30. The molecule has 1 saturated carbocycles. The molecule has 0 saturated heterocycles. The summed E-state index contributed by atoms with van der Waals surface area (Å²) in [5.41, 5.74) is 1.05. The van der Waals surface area contributed by atoms with Gasteiger partial charge in [-0.3, -0.25) is 19.7 Å². The number of hydrogen-bond acceptors (Lipinski definition) is 6. The summed E-state index contributed by atoms with van der Waals surface area (Å²) in [7, 11) is 0. The summed E-state index contributed by atoms with van der Waals surface area (Å²) < 4.78 is 0. The van der Waals surface area contributed by atoms with Crippen LogP contribution in [0.15, 0.2) is 30.3 Å². The van der Waals surface area contributed by atoms with Gasteiger partial charge in [-0.1, -0.05) is 31.4 Å². The molecule has 0 spiro atoms. The molecule has 0 radical (unpaired) electrons. The smallest absolute Gasteiger partial charge is 0.450 e. The number of rotatable bonds is 6. The third-order valence-corrected chi connectivity index (χ3v) is 5.85. The number of nitro groups is 1. The average Bonchev–Trinajstić information content (AvgIpc) is 3.12. The Morgan fingerprint density at radius 1 is 1.16 bits per heavy atom. The van der Waals surface area contributed by atoms with Gasteiger partial charge in [0.15, 0.2) is 0 Å². The van der Waals surface area contributed by atoms with E-state index in [-0.39, 0.29) is 30.0 Å². The minimum Gasteiger partial charge on any atom is -0.450 e. The number of nitrogens with zero attached hydrogens (tertiary/aromatic N) is 1. The largest absolute Gasteiger partial charge is 0.503 e. The highest BCUT2D eigenvalue weighted by molar-refractivity contribution is 7.16. The van der Waals surface area contributed by atoms with Gasteiger partial charge in [-0.15, -0.1) is 11.3 Å². The number of benzene rings is 1. The first kappa shape index (κ1) is 24.8. The summed E-state index contributed by atoms with van der Waals surface area (Å²) in [6.45, 7) is 2.06. The minimum absolute atomic E-state index is 0.0111. The van der Waals surface area contributed by atoms with Crippen molar-refractivity contribution < 1.29 is 29.5 Å². The van der Waals surface area contributed by atoms with Crippen molar-refractivity contribution in [3.63, 3.8) is 0 Å². The summed E-state index contributed by atoms with van der Waals surface area (Å²) >= 11 is 1.38. The highest BCUT2D eigenvalue weighted by atomic mass is 32.1. The van der Waals surface area contributed by atoms with Gasteiger partial charge in [0.2, 0.25) is 5.91 Å². The lowest BCUT2D eigenvalue weighted by atomic mass is 9.89. The van der Waals surface area contributed by atoms with Crippen molar-refractivity contribution in [3.8, 4) is 0 Å². The summed E-state index contributed by atoms with van der Waals surface area (Å²) in [4.78, 5) is 45.1. The summed E-state index contributed by atoms with van der Waals surface area (Å²) in [6, 6.07) is 7.91. The minimum atomic E-state index is -1.83. The van der Waals surface area contributed by atoms with Crippen LogP contribution in [0.5, 0.6) is 0 Å². The van der Waals surface area contributed by atoms with Gasteiger partial charge in [-0.2, -0.15) is 0 Å². The molecular formula is C21H25N3O7S. The SMILES string of the molecule is Cc1cc(C(=O)NCc2cccc([N+](=O)[O-])c2)c(NC(=O)C2CCCCC2)s1.O=C(O)O. The Labute approximate surface area is 188 Å². The molecule has 0 bridgehead atoms. The van der Waals surface area contributed by atoms with E-state index in [2.05, 4.69) is 10.6 Å². The van der Waals surface area contributed by atoms with Crippen LogP contribution in [-0.2, 0) is 11.3 Å². The maximum Gasteiger partial charge on any atom is 0.503 e. The standard InChI is InChI=1S/C20H23N3O4S.CH2O3/c1-13-10-17(20(28-13)22-18(24)15-7-3-2-4-8-15)19(25)21-12-14-6-5-9-16(11-14)23(26)27;2-1(3)4/h5-6,9-11,15H,2-4,7-8,12H2,1H3,(H,21,25)(H,22,24);(H2,2,3,4). The highest BCUT2D eigenvalue weighted by Gasteiger charge is 2.24. The molecule has 1 aromatic heterocycles. The van der Waals surface area contributed by atoms with Crippen LogP contribution in [0, 0.1) is 23.0 Å². The number of aryl methyl sites for hydroxylation is 1. The zero-order valence-electron chi connectivity index (χ0n) is 17.5. The third-order valence-electron chi connectivity index (χ3n) is 4.89. The molecule has 1 aliphatic carbocycles. The summed E-state index contributed by atoms with van der Waals surface area (Å²) in [5.74, 6) is -0.319. The van der Waals surface area contributed by atoms with Crippen molar-refractivity contribution in [2.45, 2.75) is 45.6 Å². The zero-order valence-corrected chi connectivity index (χ0v) is 18.3. The van der Waals surface area contributed by atoms with E-state index in [4.69, 9.17) is 15.0 Å². The van der Waals surface area contributed by atoms with E-state index >= 15 is 0 Å². The van der Waals surface area contributed by atoms with Gasteiger partial charge in [0.1, 0.15) is 5.00 Å². The molecule has 32 heavy (non-hydrogen) atoms. The Hall–Kier alpha value is -3.47. The van der Waals surface area contributed by atoms with Crippen molar-refractivity contribution >= 4 is 40.0 Å². The Morgan fingerprint density at radius 2 is 1.81 bits per heavy atom. The lowest BCUT2D eigenvalue weighted by molar-refractivity contribution is -0.384. The molecule has 172 valence electrons. The van der Waals surface area contributed by atoms with Crippen LogP contribution in [0.2, 0.25) is 0 Å². The van der Waals surface area contributed by atoms with Gasteiger partial charge in [-0.25, -0.2) is 4.79 Å². The lowest BCUT2D eigenvalue weighted by Crippen LogP contribution is -2.27. The number of nitrogens with one attached hydrogen (secondary N) is 2. The molecule has 10 nitrogen and oxygen atoms in total. The molecule has 0 atom stereocenters. The van der Waals surface area contributed by atoms with E-state index in [1.165, 1.54) is 29.9 Å². The first-order chi connectivity index (χ1) is 15.2. The Bertz CT molecular complexity index is 980. The molecule has 0 unspecified atom stereocenters. The Morgan fingerprint density at radius 3 is 2.44 bits per heavy atom. The Kier molecular flexibility index (Phi) is 9.14. The van der Waals surface area contributed by atoms with E-state index in [0.29, 0.717) is 16.1 Å². The fourth-order valence-electron chi connectivity index (χ4n) is 3.41. The van der Waals surface area contributed by atoms with Crippen molar-refractivity contribution in [1.82, 2.24) is 5.32 Å². The van der Waals surface area contributed by atoms with Crippen molar-refractivity contribution in [2.75, 3.05) is 5.32 Å². The van der Waals surface area contributed by atoms with Crippen LogP contribution in [-0.4, -0.2) is 33.1 Å². The van der Waals surface area contributed by atoms with Crippen molar-refractivity contribution in [3.05, 3.63) is 56.5 Å². The van der Waals surface area contributed by atoms with Crippen LogP contribution in [0.25, 0.3) is 0 Å². The lowest BCUT2D eigenvalue weighted by Gasteiger charge is -2.20. The fourth-order valence-corrected chi connectivity index (χ4v) is 4.32. The van der Waals surface area contributed by atoms with Gasteiger partial charge >= 0.3 is 6.16 Å². The predicted molar refractivity (Wildman–Crippen MR) is 119 cm³/mol. The zero-order chi connectivity index (χ0) is 23.7. The number of anilines is 1. The second-order valence-electron chi connectivity index (χ2n) is 7.32. The van der Waals surface area contributed by atoms with Gasteiger partial charge in [0.25, 0.3) is 11.6 Å².